The number of hydrogen-bond acceptors (Lipinski definition) is 5. The monoisotopic (exact) mass is 780 g/mol. The van der Waals surface area contributed by atoms with Crippen LogP contribution in [0.1, 0.15) is 0 Å². The Hall–Kier alpha value is -8.35. The molecule has 0 saturated carbocycles. The Morgan fingerprint density at radius 2 is 0.541 bits per heavy atom. The summed E-state index contributed by atoms with van der Waals surface area (Å²) in [6, 6.07) is 75.1. The summed E-state index contributed by atoms with van der Waals surface area (Å²) in [6.45, 7) is 0. The fourth-order valence-electron chi connectivity index (χ4n) is 8.03. The molecule has 0 fully saturated rings. The van der Waals surface area contributed by atoms with Gasteiger partial charge in [-0.05, 0) is 27.8 Å². The molecule has 11 rings (SSSR count). The number of benzene rings is 8. The van der Waals surface area contributed by atoms with Gasteiger partial charge in [0.1, 0.15) is 11.5 Å². The second-order valence-electron chi connectivity index (χ2n) is 14.9. The van der Waals surface area contributed by atoms with E-state index in [1.807, 2.05) is 48.5 Å². The molecule has 0 unspecified atom stereocenters. The summed E-state index contributed by atoms with van der Waals surface area (Å²) in [7, 11) is 0. The molecule has 3 heterocycles. The molecule has 0 bridgehead atoms. The highest BCUT2D eigenvalue weighted by molar-refractivity contribution is 6.06. The Morgan fingerprint density at radius 1 is 0.230 bits per heavy atom. The Balaban J connectivity index is 0.942. The third-order valence-electron chi connectivity index (χ3n) is 11.1. The van der Waals surface area contributed by atoms with Gasteiger partial charge >= 0.3 is 0 Å². The molecule has 8 aromatic carbocycles. The van der Waals surface area contributed by atoms with Crippen molar-refractivity contribution in [2.24, 2.45) is 0 Å². The quantitative estimate of drug-likeness (QED) is 0.154. The van der Waals surface area contributed by atoms with E-state index in [1.165, 1.54) is 5.56 Å². The van der Waals surface area contributed by atoms with Gasteiger partial charge in [0, 0.05) is 38.6 Å². The Morgan fingerprint density at radius 3 is 1.00 bits per heavy atom. The van der Waals surface area contributed by atoms with E-state index in [1.54, 1.807) is 0 Å². The van der Waals surface area contributed by atoms with Crippen LogP contribution in [0, 0.1) is 0 Å². The lowest BCUT2D eigenvalue weighted by atomic mass is 10.0. The van der Waals surface area contributed by atoms with Gasteiger partial charge in [-0.25, -0.2) is 24.9 Å². The molecule has 0 atom stereocenters. The van der Waals surface area contributed by atoms with E-state index in [0.717, 1.165) is 78.0 Å². The molecule has 0 aliphatic heterocycles. The van der Waals surface area contributed by atoms with E-state index in [2.05, 4.69) is 174 Å². The standard InChI is InChI=1S/C55H36N6/c1-5-15-37(16-6-1)38-25-31-43(32-26-38)51-56-50(42-19-9-3-10-20-42)57-52(58-51)44-33-27-39(28-34-44)40-29-35-45(36-30-40)53-59-54(46-21-11-4-12-22-46)61-49(41-17-7-2-8-18-41)47-23-13-14-24-48(47)55(61)60-53/h1-36H. The van der Waals surface area contributed by atoms with E-state index in [-0.39, 0.29) is 0 Å². The average molecular weight is 781 g/mol. The molecule has 0 aliphatic rings. The largest absolute Gasteiger partial charge is 0.277 e. The lowest BCUT2D eigenvalue weighted by Crippen LogP contribution is -2.03. The number of aromatic nitrogens is 6. The van der Waals surface area contributed by atoms with Crippen LogP contribution in [0.2, 0.25) is 0 Å². The summed E-state index contributed by atoms with van der Waals surface area (Å²) in [4.78, 5) is 25.4. The molecular formula is C55H36N6. The van der Waals surface area contributed by atoms with Crippen molar-refractivity contribution in [1.82, 2.24) is 29.3 Å². The van der Waals surface area contributed by atoms with Crippen LogP contribution in [0.25, 0.3) is 107 Å². The van der Waals surface area contributed by atoms with Crippen LogP contribution >= 0.6 is 0 Å². The molecule has 6 heteroatoms. The van der Waals surface area contributed by atoms with Gasteiger partial charge in [0.25, 0.3) is 0 Å². The molecule has 0 amide bonds. The third-order valence-corrected chi connectivity index (χ3v) is 11.1. The van der Waals surface area contributed by atoms with Crippen LogP contribution in [0.3, 0.4) is 0 Å². The van der Waals surface area contributed by atoms with Crippen molar-refractivity contribution in [1.29, 1.82) is 0 Å². The van der Waals surface area contributed by atoms with E-state index < -0.39 is 0 Å². The molecule has 6 nitrogen and oxygen atoms in total. The van der Waals surface area contributed by atoms with Crippen LogP contribution in [0.5, 0.6) is 0 Å². The number of hydrogen-bond donors (Lipinski definition) is 0. The van der Waals surface area contributed by atoms with Crippen molar-refractivity contribution in [2.75, 3.05) is 0 Å². The molecule has 11 aromatic rings. The zero-order valence-electron chi connectivity index (χ0n) is 33.0. The molecule has 0 radical (unpaired) electrons. The number of nitrogens with zero attached hydrogens (tertiary/aromatic N) is 6. The van der Waals surface area contributed by atoms with Gasteiger partial charge in [0.2, 0.25) is 0 Å². The van der Waals surface area contributed by atoms with E-state index in [0.29, 0.717) is 23.3 Å². The van der Waals surface area contributed by atoms with Crippen LogP contribution < -0.4 is 0 Å². The van der Waals surface area contributed by atoms with Gasteiger partial charge < -0.3 is 0 Å². The lowest BCUT2D eigenvalue weighted by Gasteiger charge is -2.12. The van der Waals surface area contributed by atoms with Crippen LogP contribution in [0.4, 0.5) is 0 Å². The fraction of sp³-hybridized carbons (Fsp3) is 0. The second kappa shape index (κ2) is 15.4. The zero-order chi connectivity index (χ0) is 40.5. The van der Waals surface area contributed by atoms with Gasteiger partial charge in [-0.15, -0.1) is 0 Å². The molecule has 3 aromatic heterocycles. The highest BCUT2D eigenvalue weighted by Crippen LogP contribution is 2.38. The van der Waals surface area contributed by atoms with Crippen molar-refractivity contribution in [2.45, 2.75) is 0 Å². The van der Waals surface area contributed by atoms with Gasteiger partial charge in [-0.2, -0.15) is 0 Å². The van der Waals surface area contributed by atoms with Gasteiger partial charge in [0.15, 0.2) is 23.3 Å². The molecule has 0 aliphatic carbocycles. The van der Waals surface area contributed by atoms with Crippen molar-refractivity contribution in [3.8, 4) is 90.5 Å². The molecule has 61 heavy (non-hydrogen) atoms. The van der Waals surface area contributed by atoms with Crippen molar-refractivity contribution in [3.63, 3.8) is 0 Å². The summed E-state index contributed by atoms with van der Waals surface area (Å²) in [5, 5.41) is 2.22. The highest BCUT2D eigenvalue weighted by atomic mass is 15.1. The minimum atomic E-state index is 0.618. The molecule has 286 valence electrons. The maximum atomic E-state index is 5.28. The summed E-state index contributed by atoms with van der Waals surface area (Å²) in [6.07, 6.45) is 0. The average Bonchev–Trinajstić information content (AvgIpc) is 3.69. The van der Waals surface area contributed by atoms with Crippen LogP contribution in [-0.4, -0.2) is 29.3 Å². The maximum absolute atomic E-state index is 5.28. The van der Waals surface area contributed by atoms with Gasteiger partial charge in [-0.3, -0.25) is 4.40 Å². The Kier molecular flexibility index (Phi) is 9.06. The van der Waals surface area contributed by atoms with Crippen molar-refractivity contribution in [3.05, 3.63) is 218 Å². The van der Waals surface area contributed by atoms with Gasteiger partial charge in [0.05, 0.1) is 5.69 Å². The summed E-state index contributed by atoms with van der Waals surface area (Å²) >= 11 is 0. The first-order valence-electron chi connectivity index (χ1n) is 20.3. The normalized spacial score (nSPS) is 11.3. The lowest BCUT2D eigenvalue weighted by molar-refractivity contribution is 1.05. The topological polar surface area (TPSA) is 68.9 Å². The maximum Gasteiger partial charge on any atom is 0.164 e. The fourth-order valence-corrected chi connectivity index (χ4v) is 8.03. The van der Waals surface area contributed by atoms with E-state index in [4.69, 9.17) is 24.9 Å². The predicted octanol–water partition coefficient (Wildman–Crippen LogP) is 13.4. The van der Waals surface area contributed by atoms with Gasteiger partial charge in [-0.1, -0.05) is 218 Å². The zero-order valence-corrected chi connectivity index (χ0v) is 33.0. The third kappa shape index (κ3) is 6.82. The molecule has 0 saturated heterocycles. The predicted molar refractivity (Wildman–Crippen MR) is 247 cm³/mol. The number of fused-ring (bicyclic) bond motifs is 3. The second-order valence-corrected chi connectivity index (χ2v) is 14.9. The summed E-state index contributed by atoms with van der Waals surface area (Å²) < 4.78 is 2.22. The number of rotatable bonds is 8. The Bertz CT molecular complexity index is 3290. The first-order valence-corrected chi connectivity index (χ1v) is 20.3. The Labute approximate surface area is 353 Å². The summed E-state index contributed by atoms with van der Waals surface area (Å²) in [5.74, 6) is 3.39. The minimum absolute atomic E-state index is 0.618. The first-order chi connectivity index (χ1) is 30.2. The van der Waals surface area contributed by atoms with Crippen LogP contribution in [0.15, 0.2) is 218 Å². The molecule has 0 spiro atoms. The molecule has 0 N–H and O–H groups in total. The smallest absolute Gasteiger partial charge is 0.164 e. The van der Waals surface area contributed by atoms with E-state index >= 15 is 0 Å². The minimum Gasteiger partial charge on any atom is -0.277 e. The highest BCUT2D eigenvalue weighted by Gasteiger charge is 2.21. The first kappa shape index (κ1) is 35.8. The summed E-state index contributed by atoms with van der Waals surface area (Å²) in [5.41, 5.74) is 12.3. The van der Waals surface area contributed by atoms with Crippen molar-refractivity contribution < 1.29 is 0 Å². The van der Waals surface area contributed by atoms with Crippen LogP contribution in [-0.2, 0) is 0 Å². The molecular weight excluding hydrogens is 745 g/mol. The van der Waals surface area contributed by atoms with E-state index in [9.17, 15) is 0 Å². The SMILES string of the molecule is c1ccc(-c2ccc(-c3nc(-c4ccccc4)nc(-c4ccc(-c5ccc(-c6nc(-c7ccccc7)n7c(-c8ccccc8)c8ccccc8c7n6)cc5)cc4)n3)cc2)cc1. The van der Waals surface area contributed by atoms with Crippen molar-refractivity contribution >= 4 is 16.4 Å².